The molecular weight excluding hydrogens is 320 g/mol. The Balaban J connectivity index is 1.33. The highest BCUT2D eigenvalue weighted by molar-refractivity contribution is 5.94. The molecule has 1 aromatic carbocycles. The fourth-order valence-corrected chi connectivity index (χ4v) is 3.36. The predicted octanol–water partition coefficient (Wildman–Crippen LogP) is 1.00. The van der Waals surface area contributed by atoms with Crippen molar-refractivity contribution in [3.8, 4) is 0 Å². The molecule has 0 bridgehead atoms. The molecule has 3 rings (SSSR count). The van der Waals surface area contributed by atoms with E-state index in [2.05, 4.69) is 4.90 Å². The van der Waals surface area contributed by atoms with Crippen molar-refractivity contribution in [3.05, 3.63) is 35.9 Å². The Hall–Kier alpha value is -1.47. The van der Waals surface area contributed by atoms with Crippen LogP contribution in [0.3, 0.4) is 0 Å². The Morgan fingerprint density at radius 1 is 1.24 bits per heavy atom. The van der Waals surface area contributed by atoms with Gasteiger partial charge in [0.05, 0.1) is 25.4 Å². The lowest BCUT2D eigenvalue weighted by Gasteiger charge is -2.35. The fourth-order valence-electron chi connectivity index (χ4n) is 3.36. The van der Waals surface area contributed by atoms with E-state index in [1.165, 1.54) is 0 Å². The SMILES string of the molecule is O=C(c1ccccc1)N1CCN(CC(O)COCC2CCCO2)CC1. The molecule has 2 aliphatic heterocycles. The highest BCUT2D eigenvalue weighted by atomic mass is 16.5. The minimum absolute atomic E-state index is 0.0840. The highest BCUT2D eigenvalue weighted by Crippen LogP contribution is 2.12. The number of β-amino-alcohol motifs (C(OH)–C–C–N with tert-alkyl or cyclic N) is 1. The summed E-state index contributed by atoms with van der Waals surface area (Å²) in [6, 6.07) is 9.39. The number of nitrogens with zero attached hydrogens (tertiary/aromatic N) is 2. The molecule has 1 N–H and O–H groups in total. The number of carbonyl (C=O) groups excluding carboxylic acids is 1. The van der Waals surface area contributed by atoms with E-state index < -0.39 is 6.10 Å². The lowest BCUT2D eigenvalue weighted by Crippen LogP contribution is -2.50. The van der Waals surface area contributed by atoms with E-state index in [4.69, 9.17) is 9.47 Å². The van der Waals surface area contributed by atoms with Crippen LogP contribution in [0.1, 0.15) is 23.2 Å². The van der Waals surface area contributed by atoms with E-state index in [0.717, 1.165) is 38.1 Å². The second-order valence-corrected chi connectivity index (χ2v) is 6.79. The van der Waals surface area contributed by atoms with Gasteiger partial charge in [0.25, 0.3) is 5.91 Å². The van der Waals surface area contributed by atoms with Crippen molar-refractivity contribution in [2.45, 2.75) is 25.0 Å². The number of aliphatic hydroxyl groups is 1. The number of hydrogen-bond donors (Lipinski definition) is 1. The lowest BCUT2D eigenvalue weighted by molar-refractivity contribution is -0.0279. The van der Waals surface area contributed by atoms with Gasteiger partial charge in [-0.2, -0.15) is 0 Å². The van der Waals surface area contributed by atoms with Gasteiger partial charge in [0.2, 0.25) is 0 Å². The molecule has 0 spiro atoms. The first-order valence-corrected chi connectivity index (χ1v) is 9.16. The predicted molar refractivity (Wildman–Crippen MR) is 94.6 cm³/mol. The summed E-state index contributed by atoms with van der Waals surface area (Å²) in [6.07, 6.45) is 1.84. The van der Waals surface area contributed by atoms with Crippen LogP contribution >= 0.6 is 0 Å². The van der Waals surface area contributed by atoms with Crippen molar-refractivity contribution in [2.75, 3.05) is 52.5 Å². The number of piperazine rings is 1. The average molecular weight is 348 g/mol. The number of hydrogen-bond acceptors (Lipinski definition) is 5. The van der Waals surface area contributed by atoms with Gasteiger partial charge < -0.3 is 19.5 Å². The summed E-state index contributed by atoms with van der Waals surface area (Å²) in [5.74, 6) is 0.0840. The largest absolute Gasteiger partial charge is 0.389 e. The van der Waals surface area contributed by atoms with E-state index in [-0.39, 0.29) is 12.0 Å². The van der Waals surface area contributed by atoms with E-state index in [1.54, 1.807) is 0 Å². The summed E-state index contributed by atoms with van der Waals surface area (Å²) in [7, 11) is 0. The summed E-state index contributed by atoms with van der Waals surface area (Å²) in [5, 5.41) is 10.1. The van der Waals surface area contributed by atoms with Crippen LogP contribution in [0.25, 0.3) is 0 Å². The number of aliphatic hydroxyl groups excluding tert-OH is 1. The minimum Gasteiger partial charge on any atom is -0.389 e. The molecule has 0 aromatic heterocycles. The molecule has 0 aliphatic carbocycles. The van der Waals surface area contributed by atoms with Crippen LogP contribution < -0.4 is 0 Å². The summed E-state index contributed by atoms with van der Waals surface area (Å²) in [5.41, 5.74) is 0.735. The summed E-state index contributed by atoms with van der Waals surface area (Å²) in [6.45, 7) is 5.25. The molecule has 6 nitrogen and oxygen atoms in total. The molecule has 2 atom stereocenters. The van der Waals surface area contributed by atoms with Gasteiger partial charge in [-0.3, -0.25) is 9.69 Å². The molecule has 2 heterocycles. The maximum absolute atomic E-state index is 12.4. The molecule has 2 aliphatic rings. The van der Waals surface area contributed by atoms with Gasteiger partial charge in [0.15, 0.2) is 0 Å². The average Bonchev–Trinajstić information content (AvgIpc) is 3.16. The van der Waals surface area contributed by atoms with Crippen LogP contribution in [0.4, 0.5) is 0 Å². The van der Waals surface area contributed by atoms with E-state index in [9.17, 15) is 9.90 Å². The molecule has 2 saturated heterocycles. The van der Waals surface area contributed by atoms with Crippen molar-refractivity contribution in [2.24, 2.45) is 0 Å². The molecule has 2 unspecified atom stereocenters. The number of rotatable bonds is 7. The maximum atomic E-state index is 12.4. The van der Waals surface area contributed by atoms with Gasteiger partial charge in [0, 0.05) is 44.9 Å². The Kier molecular flexibility index (Phi) is 6.81. The Bertz CT molecular complexity index is 525. The normalized spacial score (nSPS) is 22.9. The van der Waals surface area contributed by atoms with Gasteiger partial charge in [-0.1, -0.05) is 18.2 Å². The van der Waals surface area contributed by atoms with Crippen molar-refractivity contribution < 1.29 is 19.4 Å². The minimum atomic E-state index is -0.502. The number of benzene rings is 1. The number of ether oxygens (including phenoxy) is 2. The molecule has 2 fully saturated rings. The highest BCUT2D eigenvalue weighted by Gasteiger charge is 2.23. The Morgan fingerprint density at radius 3 is 2.68 bits per heavy atom. The van der Waals surface area contributed by atoms with Gasteiger partial charge >= 0.3 is 0 Å². The van der Waals surface area contributed by atoms with Crippen molar-refractivity contribution in [3.63, 3.8) is 0 Å². The Morgan fingerprint density at radius 2 is 2.00 bits per heavy atom. The summed E-state index contributed by atoms with van der Waals surface area (Å²) < 4.78 is 11.1. The van der Waals surface area contributed by atoms with Crippen LogP contribution in [0.15, 0.2) is 30.3 Å². The van der Waals surface area contributed by atoms with Crippen LogP contribution in [-0.2, 0) is 9.47 Å². The zero-order chi connectivity index (χ0) is 17.5. The number of amides is 1. The maximum Gasteiger partial charge on any atom is 0.253 e. The lowest BCUT2D eigenvalue weighted by atomic mass is 10.2. The summed E-state index contributed by atoms with van der Waals surface area (Å²) in [4.78, 5) is 16.5. The first-order chi connectivity index (χ1) is 12.2. The standard InChI is InChI=1S/C19H28N2O4/c22-17(14-24-15-18-7-4-12-25-18)13-20-8-10-21(11-9-20)19(23)16-5-2-1-3-6-16/h1-3,5-6,17-18,22H,4,7-15H2. The van der Waals surface area contributed by atoms with Crippen molar-refractivity contribution >= 4 is 5.91 Å². The smallest absolute Gasteiger partial charge is 0.253 e. The van der Waals surface area contributed by atoms with Crippen molar-refractivity contribution in [1.82, 2.24) is 9.80 Å². The number of carbonyl (C=O) groups is 1. The fraction of sp³-hybridized carbons (Fsp3) is 0.632. The van der Waals surface area contributed by atoms with E-state index >= 15 is 0 Å². The van der Waals surface area contributed by atoms with Crippen molar-refractivity contribution in [1.29, 1.82) is 0 Å². The van der Waals surface area contributed by atoms with Gasteiger partial charge in [-0.15, -0.1) is 0 Å². The van der Waals surface area contributed by atoms with Crippen LogP contribution in [0.5, 0.6) is 0 Å². The Labute approximate surface area is 149 Å². The molecular formula is C19H28N2O4. The third-order valence-electron chi connectivity index (χ3n) is 4.79. The van der Waals surface area contributed by atoms with Gasteiger partial charge in [-0.05, 0) is 25.0 Å². The van der Waals surface area contributed by atoms with Crippen LogP contribution in [-0.4, -0.2) is 85.6 Å². The molecule has 0 saturated carbocycles. The molecule has 138 valence electrons. The molecule has 0 radical (unpaired) electrons. The third-order valence-corrected chi connectivity index (χ3v) is 4.79. The van der Waals surface area contributed by atoms with Crippen LogP contribution in [0, 0.1) is 0 Å². The topological polar surface area (TPSA) is 62.2 Å². The van der Waals surface area contributed by atoms with E-state index in [1.807, 2.05) is 35.2 Å². The quantitative estimate of drug-likeness (QED) is 0.797. The zero-order valence-electron chi connectivity index (χ0n) is 14.7. The third kappa shape index (κ3) is 5.51. The molecule has 6 heteroatoms. The zero-order valence-corrected chi connectivity index (χ0v) is 14.7. The molecule has 1 aromatic rings. The second-order valence-electron chi connectivity index (χ2n) is 6.79. The molecule has 1 amide bonds. The second kappa shape index (κ2) is 9.29. The summed E-state index contributed by atoms with van der Waals surface area (Å²) >= 11 is 0. The monoisotopic (exact) mass is 348 g/mol. The van der Waals surface area contributed by atoms with Gasteiger partial charge in [0.1, 0.15) is 0 Å². The van der Waals surface area contributed by atoms with Crippen LogP contribution in [0.2, 0.25) is 0 Å². The van der Waals surface area contributed by atoms with E-state index in [0.29, 0.717) is 32.8 Å². The van der Waals surface area contributed by atoms with Gasteiger partial charge in [-0.25, -0.2) is 0 Å². The first-order valence-electron chi connectivity index (χ1n) is 9.16. The first kappa shape index (κ1) is 18.3. The molecule has 25 heavy (non-hydrogen) atoms.